The minimum absolute atomic E-state index is 0.0299. The average molecular weight is 393 g/mol. The van der Waals surface area contributed by atoms with E-state index >= 15 is 0 Å². The van der Waals surface area contributed by atoms with E-state index in [9.17, 15) is 4.79 Å². The summed E-state index contributed by atoms with van der Waals surface area (Å²) in [4.78, 5) is 12.7. The summed E-state index contributed by atoms with van der Waals surface area (Å²) in [6.45, 7) is 0.909. The van der Waals surface area contributed by atoms with Gasteiger partial charge in [0.1, 0.15) is 0 Å². The SMILES string of the molecule is O=C(NCc1ccccc1)C1=CC(C2CC2)CC(OCc2ccc(CO)cc2)O1. The molecule has 1 fully saturated rings. The van der Waals surface area contributed by atoms with Gasteiger partial charge >= 0.3 is 0 Å². The molecule has 4 rings (SSSR count). The molecule has 2 aromatic rings. The third-order valence-electron chi connectivity index (χ3n) is 5.48. The van der Waals surface area contributed by atoms with Gasteiger partial charge in [-0.3, -0.25) is 4.79 Å². The van der Waals surface area contributed by atoms with Gasteiger partial charge in [-0.2, -0.15) is 0 Å². The summed E-state index contributed by atoms with van der Waals surface area (Å²) in [5, 5.41) is 12.1. The van der Waals surface area contributed by atoms with Crippen LogP contribution in [0.4, 0.5) is 0 Å². The van der Waals surface area contributed by atoms with Crippen molar-refractivity contribution >= 4 is 5.91 Å². The molecule has 29 heavy (non-hydrogen) atoms. The number of benzene rings is 2. The van der Waals surface area contributed by atoms with Crippen LogP contribution in [0.2, 0.25) is 0 Å². The van der Waals surface area contributed by atoms with Crippen molar-refractivity contribution in [2.75, 3.05) is 0 Å². The summed E-state index contributed by atoms with van der Waals surface area (Å²) in [6.07, 6.45) is 4.73. The van der Waals surface area contributed by atoms with Crippen LogP contribution in [0.15, 0.2) is 66.4 Å². The molecule has 2 N–H and O–H groups in total. The van der Waals surface area contributed by atoms with Crippen LogP contribution < -0.4 is 5.32 Å². The summed E-state index contributed by atoms with van der Waals surface area (Å²) >= 11 is 0. The van der Waals surface area contributed by atoms with Crippen LogP contribution in [0, 0.1) is 11.8 Å². The number of nitrogens with one attached hydrogen (secondary N) is 1. The van der Waals surface area contributed by atoms with Gasteiger partial charge in [-0.05, 0) is 47.4 Å². The van der Waals surface area contributed by atoms with E-state index in [1.165, 1.54) is 12.8 Å². The summed E-state index contributed by atoms with van der Waals surface area (Å²) in [5.41, 5.74) is 2.94. The van der Waals surface area contributed by atoms with E-state index in [2.05, 4.69) is 5.32 Å². The molecule has 2 unspecified atom stereocenters. The van der Waals surface area contributed by atoms with Crippen molar-refractivity contribution in [2.45, 2.75) is 45.3 Å². The zero-order valence-electron chi connectivity index (χ0n) is 16.4. The van der Waals surface area contributed by atoms with Crippen molar-refractivity contribution < 1.29 is 19.4 Å². The zero-order chi connectivity index (χ0) is 20.1. The molecule has 0 bridgehead atoms. The summed E-state index contributed by atoms with van der Waals surface area (Å²) < 4.78 is 11.9. The normalized spacial score (nSPS) is 21.2. The van der Waals surface area contributed by atoms with Gasteiger partial charge in [-0.25, -0.2) is 0 Å². The molecule has 2 atom stereocenters. The lowest BCUT2D eigenvalue weighted by Gasteiger charge is -2.29. The van der Waals surface area contributed by atoms with E-state index in [0.717, 1.165) is 23.1 Å². The minimum Gasteiger partial charge on any atom is -0.459 e. The Bertz CT molecular complexity index is 843. The fourth-order valence-corrected chi connectivity index (χ4v) is 3.59. The lowest BCUT2D eigenvalue weighted by atomic mass is 9.96. The number of hydrogen-bond acceptors (Lipinski definition) is 4. The van der Waals surface area contributed by atoms with E-state index in [1.54, 1.807) is 0 Å². The number of carbonyl (C=O) groups is 1. The molecule has 5 heteroatoms. The van der Waals surface area contributed by atoms with Crippen LogP contribution in [-0.2, 0) is 34.0 Å². The summed E-state index contributed by atoms with van der Waals surface area (Å²) in [7, 11) is 0. The Morgan fingerprint density at radius 1 is 1.03 bits per heavy atom. The lowest BCUT2D eigenvalue weighted by molar-refractivity contribution is -0.154. The first-order valence-electron chi connectivity index (χ1n) is 10.2. The van der Waals surface area contributed by atoms with Gasteiger partial charge in [0.05, 0.1) is 13.2 Å². The van der Waals surface area contributed by atoms with Gasteiger partial charge in [0.2, 0.25) is 6.29 Å². The number of hydrogen-bond donors (Lipinski definition) is 2. The van der Waals surface area contributed by atoms with Crippen molar-refractivity contribution in [2.24, 2.45) is 11.8 Å². The second-order valence-electron chi connectivity index (χ2n) is 7.77. The molecule has 0 saturated heterocycles. The van der Waals surface area contributed by atoms with Crippen molar-refractivity contribution in [1.29, 1.82) is 0 Å². The van der Waals surface area contributed by atoms with Gasteiger partial charge < -0.3 is 19.9 Å². The van der Waals surface area contributed by atoms with Crippen LogP contribution in [0.3, 0.4) is 0 Å². The number of aliphatic hydroxyl groups is 1. The van der Waals surface area contributed by atoms with Crippen molar-refractivity contribution in [3.8, 4) is 0 Å². The highest BCUT2D eigenvalue weighted by Crippen LogP contribution is 2.42. The molecule has 0 spiro atoms. The van der Waals surface area contributed by atoms with Gasteiger partial charge in [-0.1, -0.05) is 54.6 Å². The molecule has 1 amide bonds. The second-order valence-corrected chi connectivity index (χ2v) is 7.77. The molecule has 0 aromatic heterocycles. The largest absolute Gasteiger partial charge is 0.459 e. The average Bonchev–Trinajstić information content (AvgIpc) is 3.62. The molecule has 152 valence electrons. The highest BCUT2D eigenvalue weighted by molar-refractivity contribution is 5.91. The standard InChI is InChI=1S/C24H27NO4/c26-15-18-6-8-19(9-7-18)16-28-23-13-21(20-10-11-20)12-22(29-23)24(27)25-14-17-4-2-1-3-5-17/h1-9,12,20-21,23,26H,10-11,13-16H2,(H,25,27). The maximum atomic E-state index is 12.7. The molecule has 1 saturated carbocycles. The maximum Gasteiger partial charge on any atom is 0.286 e. The maximum absolute atomic E-state index is 12.7. The number of amides is 1. The van der Waals surface area contributed by atoms with E-state index in [4.69, 9.17) is 14.6 Å². The Morgan fingerprint density at radius 2 is 1.76 bits per heavy atom. The number of carbonyl (C=O) groups excluding carboxylic acids is 1. The molecule has 2 aromatic carbocycles. The van der Waals surface area contributed by atoms with Gasteiger partial charge in [0.25, 0.3) is 5.91 Å². The third-order valence-corrected chi connectivity index (χ3v) is 5.48. The van der Waals surface area contributed by atoms with Crippen molar-refractivity contribution in [1.82, 2.24) is 5.32 Å². The number of allylic oxidation sites excluding steroid dienone is 1. The van der Waals surface area contributed by atoms with E-state index in [0.29, 0.717) is 30.7 Å². The Kier molecular flexibility index (Phi) is 6.27. The molecular weight excluding hydrogens is 366 g/mol. The Hall–Kier alpha value is -2.63. The number of ether oxygens (including phenoxy) is 2. The van der Waals surface area contributed by atoms with Gasteiger partial charge in [0.15, 0.2) is 5.76 Å². The van der Waals surface area contributed by atoms with Crippen molar-refractivity contribution in [3.05, 3.63) is 83.1 Å². The second kappa shape index (κ2) is 9.25. The third kappa shape index (κ3) is 5.46. The zero-order valence-corrected chi connectivity index (χ0v) is 16.4. The first kappa shape index (κ1) is 19.7. The van der Waals surface area contributed by atoms with Crippen molar-refractivity contribution in [3.63, 3.8) is 0 Å². The predicted octanol–water partition coefficient (Wildman–Crippen LogP) is 3.67. The molecule has 0 radical (unpaired) electrons. The van der Waals surface area contributed by atoms with Crippen LogP contribution in [0.1, 0.15) is 36.0 Å². The lowest BCUT2D eigenvalue weighted by Crippen LogP contribution is -2.33. The van der Waals surface area contributed by atoms with Gasteiger partial charge in [0, 0.05) is 13.0 Å². The van der Waals surface area contributed by atoms with E-state index in [1.807, 2.05) is 60.7 Å². The molecule has 2 aliphatic rings. The van der Waals surface area contributed by atoms with E-state index < -0.39 is 6.29 Å². The minimum atomic E-state index is -0.430. The highest BCUT2D eigenvalue weighted by atomic mass is 16.7. The monoisotopic (exact) mass is 393 g/mol. The summed E-state index contributed by atoms with van der Waals surface area (Å²) in [6, 6.07) is 17.5. The van der Waals surface area contributed by atoms with Crippen LogP contribution >= 0.6 is 0 Å². The molecular formula is C24H27NO4. The van der Waals surface area contributed by atoms with Crippen LogP contribution in [-0.4, -0.2) is 17.3 Å². The highest BCUT2D eigenvalue weighted by Gasteiger charge is 2.37. The Labute approximate surface area is 171 Å². The van der Waals surface area contributed by atoms with Crippen LogP contribution in [0.5, 0.6) is 0 Å². The molecule has 5 nitrogen and oxygen atoms in total. The Morgan fingerprint density at radius 3 is 2.45 bits per heavy atom. The first-order valence-corrected chi connectivity index (χ1v) is 10.2. The fraction of sp³-hybridized carbons (Fsp3) is 0.375. The van der Waals surface area contributed by atoms with Gasteiger partial charge in [-0.15, -0.1) is 0 Å². The predicted molar refractivity (Wildman–Crippen MR) is 109 cm³/mol. The Balaban J connectivity index is 1.35. The first-order chi connectivity index (χ1) is 14.2. The molecule has 1 heterocycles. The molecule has 1 aliphatic carbocycles. The number of rotatable bonds is 8. The quantitative estimate of drug-likeness (QED) is 0.718. The smallest absolute Gasteiger partial charge is 0.286 e. The topological polar surface area (TPSA) is 67.8 Å². The fourth-order valence-electron chi connectivity index (χ4n) is 3.59. The van der Waals surface area contributed by atoms with E-state index in [-0.39, 0.29) is 12.5 Å². The summed E-state index contributed by atoms with van der Waals surface area (Å²) in [5.74, 6) is 1.12. The number of aliphatic hydroxyl groups excluding tert-OH is 1. The molecule has 1 aliphatic heterocycles. The van der Waals surface area contributed by atoms with Crippen LogP contribution in [0.25, 0.3) is 0 Å².